The smallest absolute Gasteiger partial charge is 0.357 e. The Bertz CT molecular complexity index is 732. The van der Waals surface area contributed by atoms with E-state index >= 15 is 0 Å². The lowest BCUT2D eigenvalue weighted by Gasteiger charge is -2.31. The number of fused-ring (bicyclic) bond motifs is 1. The summed E-state index contributed by atoms with van der Waals surface area (Å²) < 4.78 is 33.9. The number of imidazole rings is 1. The van der Waals surface area contributed by atoms with E-state index in [1.165, 1.54) is 17.0 Å². The monoisotopic (exact) mass is 404 g/mol. The number of carbonyl (C=O) groups excluding carboxylic acids is 1. The number of alkyl halides is 1. The van der Waals surface area contributed by atoms with Gasteiger partial charge in [0.05, 0.1) is 11.4 Å². The molecule has 0 N–H and O–H groups in total. The third kappa shape index (κ3) is 2.43. The van der Waals surface area contributed by atoms with Crippen molar-refractivity contribution >= 4 is 28.6 Å². The number of esters is 1. The van der Waals surface area contributed by atoms with Gasteiger partial charge >= 0.3 is 5.97 Å². The topological polar surface area (TPSA) is 44.1 Å². The lowest BCUT2D eigenvalue weighted by atomic mass is 9.98. The number of cyclic esters (lactones) is 1. The summed E-state index contributed by atoms with van der Waals surface area (Å²) in [5.41, 5.74) is 0.619. The van der Waals surface area contributed by atoms with Crippen LogP contribution in [0.2, 0.25) is 0 Å². The molecule has 1 aliphatic heterocycles. The Morgan fingerprint density at radius 3 is 2.86 bits per heavy atom. The van der Waals surface area contributed by atoms with Crippen molar-refractivity contribution in [2.45, 2.75) is 18.9 Å². The summed E-state index contributed by atoms with van der Waals surface area (Å²) >= 11 is 2.16. The summed E-state index contributed by atoms with van der Waals surface area (Å²) in [6.45, 7) is 1.84. The molecule has 1 unspecified atom stereocenters. The summed E-state index contributed by atoms with van der Waals surface area (Å²) in [5, 5.41) is 0. The third-order valence-corrected chi connectivity index (χ3v) is 4.99. The van der Waals surface area contributed by atoms with Gasteiger partial charge in [-0.1, -0.05) is 22.6 Å². The van der Waals surface area contributed by atoms with Crippen LogP contribution in [0.1, 0.15) is 23.1 Å². The molecule has 0 bridgehead atoms. The molecule has 21 heavy (non-hydrogen) atoms. The first kappa shape index (κ1) is 14.4. The van der Waals surface area contributed by atoms with Crippen LogP contribution in [0, 0.1) is 11.6 Å². The molecular weight excluding hydrogens is 393 g/mol. The maximum absolute atomic E-state index is 13.4. The average Bonchev–Trinajstić information content (AvgIpc) is 2.85. The highest BCUT2D eigenvalue weighted by Crippen LogP contribution is 2.30. The fourth-order valence-corrected chi connectivity index (χ4v) is 2.72. The van der Waals surface area contributed by atoms with Gasteiger partial charge in [-0.2, -0.15) is 0 Å². The van der Waals surface area contributed by atoms with E-state index in [9.17, 15) is 13.6 Å². The predicted molar refractivity (Wildman–Crippen MR) is 79.9 cm³/mol. The number of rotatable bonds is 2. The second-order valence-electron chi connectivity index (χ2n) is 5.16. The zero-order valence-electron chi connectivity index (χ0n) is 11.1. The number of aromatic nitrogens is 2. The SMILES string of the molecule is CC1(CI)Cc2ncn(-c3ccc(F)c(F)c3)c2C(=O)O1. The van der Waals surface area contributed by atoms with Crippen LogP contribution in [-0.2, 0) is 11.2 Å². The molecule has 0 fully saturated rings. The van der Waals surface area contributed by atoms with Crippen LogP contribution in [0.5, 0.6) is 0 Å². The Morgan fingerprint density at radius 1 is 1.43 bits per heavy atom. The van der Waals surface area contributed by atoms with E-state index in [0.29, 0.717) is 22.2 Å². The molecule has 2 heterocycles. The number of carbonyl (C=O) groups is 1. The molecule has 0 spiro atoms. The summed E-state index contributed by atoms with van der Waals surface area (Å²) in [7, 11) is 0. The van der Waals surface area contributed by atoms with Gasteiger partial charge in [0.25, 0.3) is 0 Å². The largest absolute Gasteiger partial charge is 0.453 e. The van der Waals surface area contributed by atoms with E-state index in [2.05, 4.69) is 27.6 Å². The van der Waals surface area contributed by atoms with E-state index in [1.54, 1.807) is 0 Å². The van der Waals surface area contributed by atoms with Crippen LogP contribution in [0.25, 0.3) is 5.69 Å². The molecule has 2 aromatic rings. The molecule has 1 aromatic carbocycles. The molecule has 4 nitrogen and oxygen atoms in total. The van der Waals surface area contributed by atoms with Gasteiger partial charge < -0.3 is 4.74 Å². The van der Waals surface area contributed by atoms with Crippen LogP contribution < -0.4 is 0 Å². The Hall–Kier alpha value is -1.51. The van der Waals surface area contributed by atoms with E-state index in [0.717, 1.165) is 12.1 Å². The van der Waals surface area contributed by atoms with Gasteiger partial charge in [0, 0.05) is 16.9 Å². The zero-order valence-corrected chi connectivity index (χ0v) is 13.2. The van der Waals surface area contributed by atoms with Gasteiger partial charge in [-0.05, 0) is 19.1 Å². The second-order valence-corrected chi connectivity index (χ2v) is 5.92. The van der Waals surface area contributed by atoms with Gasteiger partial charge in [0.15, 0.2) is 17.3 Å². The van der Waals surface area contributed by atoms with Gasteiger partial charge in [-0.25, -0.2) is 18.6 Å². The molecule has 0 saturated heterocycles. The molecule has 7 heteroatoms. The summed E-state index contributed by atoms with van der Waals surface area (Å²) in [6.07, 6.45) is 1.92. The Labute approximate surface area is 133 Å². The number of benzene rings is 1. The standard InChI is InChI=1S/C14H11F2IN2O2/c1-14(6-17)5-11-12(13(20)21-14)19(7-18-11)8-2-3-9(15)10(16)4-8/h2-4,7H,5-6H2,1H3. The number of halogens is 3. The maximum Gasteiger partial charge on any atom is 0.357 e. The van der Waals surface area contributed by atoms with Crippen molar-refractivity contribution in [1.82, 2.24) is 9.55 Å². The lowest BCUT2D eigenvalue weighted by Crippen LogP contribution is -2.41. The lowest BCUT2D eigenvalue weighted by molar-refractivity contribution is -0.00457. The molecule has 1 aromatic heterocycles. The van der Waals surface area contributed by atoms with Gasteiger partial charge in [-0.15, -0.1) is 0 Å². The Morgan fingerprint density at radius 2 is 2.19 bits per heavy atom. The number of hydrogen-bond acceptors (Lipinski definition) is 3. The van der Waals surface area contributed by atoms with Crippen LogP contribution in [0.15, 0.2) is 24.5 Å². The van der Waals surface area contributed by atoms with Gasteiger partial charge in [-0.3, -0.25) is 4.57 Å². The van der Waals surface area contributed by atoms with Crippen molar-refractivity contribution in [1.29, 1.82) is 0 Å². The van der Waals surface area contributed by atoms with Crippen molar-refractivity contribution in [3.63, 3.8) is 0 Å². The minimum Gasteiger partial charge on any atom is -0.453 e. The van der Waals surface area contributed by atoms with Crippen LogP contribution in [0.4, 0.5) is 8.78 Å². The Kier molecular flexibility index (Phi) is 3.46. The highest BCUT2D eigenvalue weighted by molar-refractivity contribution is 14.1. The van der Waals surface area contributed by atoms with E-state index in [-0.39, 0.29) is 5.69 Å². The predicted octanol–water partition coefficient (Wildman–Crippen LogP) is 3.06. The van der Waals surface area contributed by atoms with Crippen LogP contribution in [-0.4, -0.2) is 25.5 Å². The molecule has 0 aliphatic carbocycles. The van der Waals surface area contributed by atoms with Gasteiger partial charge in [0.1, 0.15) is 11.9 Å². The van der Waals surface area contributed by atoms with Crippen molar-refractivity contribution in [2.75, 3.05) is 4.43 Å². The quantitative estimate of drug-likeness (QED) is 0.439. The molecule has 1 atom stereocenters. The first-order valence-electron chi connectivity index (χ1n) is 6.24. The molecule has 0 amide bonds. The van der Waals surface area contributed by atoms with Crippen molar-refractivity contribution in [2.24, 2.45) is 0 Å². The normalized spacial score (nSPS) is 21.0. The molecule has 0 radical (unpaired) electrons. The fraction of sp³-hybridized carbons (Fsp3) is 0.286. The average molecular weight is 404 g/mol. The first-order valence-corrected chi connectivity index (χ1v) is 7.77. The number of hydrogen-bond donors (Lipinski definition) is 0. The van der Waals surface area contributed by atoms with Crippen LogP contribution >= 0.6 is 22.6 Å². The third-order valence-electron chi connectivity index (χ3n) is 3.38. The Balaban J connectivity index is 2.08. The van der Waals surface area contributed by atoms with Crippen molar-refractivity contribution in [3.05, 3.63) is 47.5 Å². The fourth-order valence-electron chi connectivity index (χ4n) is 2.30. The van der Waals surface area contributed by atoms with E-state index in [4.69, 9.17) is 4.74 Å². The maximum atomic E-state index is 13.4. The van der Waals surface area contributed by atoms with Crippen molar-refractivity contribution < 1.29 is 18.3 Å². The first-order chi connectivity index (χ1) is 9.93. The highest BCUT2D eigenvalue weighted by Gasteiger charge is 2.38. The zero-order chi connectivity index (χ0) is 15.2. The van der Waals surface area contributed by atoms with Crippen molar-refractivity contribution in [3.8, 4) is 5.69 Å². The van der Waals surface area contributed by atoms with Gasteiger partial charge in [0.2, 0.25) is 0 Å². The minimum atomic E-state index is -0.976. The van der Waals surface area contributed by atoms with Crippen LogP contribution in [0.3, 0.4) is 0 Å². The number of ether oxygens (including phenoxy) is 1. The van der Waals surface area contributed by atoms with E-state index < -0.39 is 23.2 Å². The summed E-state index contributed by atoms with van der Waals surface area (Å²) in [4.78, 5) is 16.4. The van der Waals surface area contributed by atoms with E-state index in [1.807, 2.05) is 6.92 Å². The second kappa shape index (κ2) is 5.04. The number of nitrogens with zero attached hydrogens (tertiary/aromatic N) is 2. The highest BCUT2D eigenvalue weighted by atomic mass is 127. The summed E-state index contributed by atoms with van der Waals surface area (Å²) in [5.74, 6) is -2.42. The molecular formula is C14H11F2IN2O2. The molecule has 0 saturated carbocycles. The minimum absolute atomic E-state index is 0.267. The molecule has 110 valence electrons. The summed E-state index contributed by atoms with van der Waals surface area (Å²) in [6, 6.07) is 3.43. The molecule has 1 aliphatic rings. The molecule has 3 rings (SSSR count).